The lowest BCUT2D eigenvalue weighted by molar-refractivity contribution is 0.222. The zero-order chi connectivity index (χ0) is 13.7. The molecular weight excluding hydrogens is 395 g/mol. The van der Waals surface area contributed by atoms with E-state index in [1.165, 1.54) is 11.8 Å². The molecule has 0 amide bonds. The summed E-state index contributed by atoms with van der Waals surface area (Å²) < 4.78 is 3.86. The Morgan fingerprint density at radius 1 is 1.24 bits per heavy atom. The van der Waals surface area contributed by atoms with E-state index in [1.807, 2.05) is 27.7 Å². The van der Waals surface area contributed by atoms with Crippen LogP contribution in [0.2, 0.25) is 0 Å². The fourth-order valence-corrected chi connectivity index (χ4v) is 3.77. The van der Waals surface area contributed by atoms with Gasteiger partial charge >= 0.3 is 10.6 Å². The highest BCUT2D eigenvalue weighted by atomic mass is 127. The molecule has 4 nitrogen and oxygen atoms in total. The van der Waals surface area contributed by atoms with Crippen molar-refractivity contribution >= 4 is 68.9 Å². The van der Waals surface area contributed by atoms with Gasteiger partial charge < -0.3 is 8.17 Å². The van der Waals surface area contributed by atoms with Crippen LogP contribution in [0.5, 0.6) is 0 Å². The molecule has 17 heavy (non-hydrogen) atoms. The number of hydrogen-bond acceptors (Lipinski definition) is 6. The van der Waals surface area contributed by atoms with Gasteiger partial charge in [-0.2, -0.15) is 0 Å². The largest absolute Gasteiger partial charge is 0.473 e. The Hall–Kier alpha value is 0.720. The predicted molar refractivity (Wildman–Crippen MR) is 84.3 cm³/mol. The van der Waals surface area contributed by atoms with Crippen LogP contribution in [0.25, 0.3) is 0 Å². The number of hydrogen-bond donors (Lipinski definition) is 1. The maximum Gasteiger partial charge on any atom is 0.377 e. The molecule has 0 aromatic heterocycles. The number of halogens is 1. The van der Waals surface area contributed by atoms with Crippen LogP contribution in [-0.2, 0) is 3.07 Å². The highest BCUT2D eigenvalue weighted by molar-refractivity contribution is 14.1. The molecule has 0 aromatic carbocycles. The topological polar surface area (TPSA) is 63.6 Å². The molecule has 0 saturated heterocycles. The van der Waals surface area contributed by atoms with Crippen LogP contribution >= 0.6 is 58.3 Å². The molecule has 0 aliphatic rings. The third-order valence-electron chi connectivity index (χ3n) is 1.52. The van der Waals surface area contributed by atoms with E-state index >= 15 is 0 Å². The van der Waals surface area contributed by atoms with Crippen molar-refractivity contribution in [3.63, 3.8) is 0 Å². The van der Waals surface area contributed by atoms with Crippen molar-refractivity contribution in [2.45, 2.75) is 36.5 Å². The Morgan fingerprint density at radius 2 is 1.76 bits per heavy atom. The molecule has 0 aromatic rings. The van der Waals surface area contributed by atoms with Crippen LogP contribution in [-0.4, -0.2) is 30.3 Å². The van der Waals surface area contributed by atoms with E-state index in [4.69, 9.17) is 5.11 Å². The molecule has 0 aliphatic heterocycles. The van der Waals surface area contributed by atoms with Gasteiger partial charge in [0, 0.05) is 10.5 Å². The minimum Gasteiger partial charge on any atom is -0.473 e. The van der Waals surface area contributed by atoms with Gasteiger partial charge in [0.25, 0.3) is 0 Å². The van der Waals surface area contributed by atoms with Crippen molar-refractivity contribution in [2.75, 3.05) is 5.75 Å². The van der Waals surface area contributed by atoms with Crippen LogP contribution < -0.4 is 0 Å². The van der Waals surface area contributed by atoms with Gasteiger partial charge in [0.1, 0.15) is 0 Å². The summed E-state index contributed by atoms with van der Waals surface area (Å²) in [5.41, 5.74) is 0. The quantitative estimate of drug-likeness (QED) is 0.513. The van der Waals surface area contributed by atoms with E-state index in [0.29, 0.717) is 5.75 Å². The Kier molecular flexibility index (Phi) is 7.65. The monoisotopic (exact) mass is 410 g/mol. The summed E-state index contributed by atoms with van der Waals surface area (Å²) in [6.45, 7) is 7.57. The van der Waals surface area contributed by atoms with E-state index < -0.39 is 9.38 Å². The van der Waals surface area contributed by atoms with E-state index in [1.54, 1.807) is 23.0 Å². The van der Waals surface area contributed by atoms with Crippen molar-refractivity contribution in [3.8, 4) is 0 Å². The summed E-state index contributed by atoms with van der Waals surface area (Å²) in [5, 5.41) is 7.51. The summed E-state index contributed by atoms with van der Waals surface area (Å²) in [4.78, 5) is 21.8. The fourth-order valence-electron chi connectivity index (χ4n) is 0.858. The van der Waals surface area contributed by atoms with Crippen molar-refractivity contribution in [1.29, 1.82) is 0 Å². The molecule has 0 fully saturated rings. The van der Waals surface area contributed by atoms with Gasteiger partial charge in [0.05, 0.1) is 4.08 Å². The fraction of sp³-hybridized carbons (Fsp3) is 0.778. The minimum absolute atomic E-state index is 0.288. The van der Waals surface area contributed by atoms with Crippen LogP contribution in [0.4, 0.5) is 9.59 Å². The SMILES string of the molecule is CC(C)(CSC(C)(C)SC(=O)O)SC(=O)OI. The smallest absolute Gasteiger partial charge is 0.377 e. The minimum atomic E-state index is -0.889. The summed E-state index contributed by atoms with van der Waals surface area (Å²) in [6.07, 6.45) is 0. The van der Waals surface area contributed by atoms with Gasteiger partial charge in [-0.1, -0.05) is 0 Å². The molecular formula is C9H15IO4S3. The number of carbonyl (C=O) groups is 2. The molecule has 0 rings (SSSR count). The molecule has 0 aliphatic carbocycles. The predicted octanol–water partition coefficient (Wildman–Crippen LogP) is 4.87. The average Bonchev–Trinajstić information content (AvgIpc) is 2.12. The average molecular weight is 410 g/mol. The third-order valence-corrected chi connectivity index (χ3v) is 6.18. The first-order chi connectivity index (χ1) is 7.58. The Morgan fingerprint density at radius 3 is 2.18 bits per heavy atom. The molecule has 0 radical (unpaired) electrons. The standard InChI is InChI=1S/C9H15IO4S3/c1-8(2,17-7(13)14-10)5-15-9(3,4)16-6(11)12/h5H2,1-4H3,(H,11,12). The molecule has 0 bridgehead atoms. The van der Waals surface area contributed by atoms with Crippen molar-refractivity contribution in [1.82, 2.24) is 0 Å². The molecule has 0 heterocycles. The van der Waals surface area contributed by atoms with Gasteiger partial charge in [0.15, 0.2) is 23.0 Å². The molecule has 0 saturated carbocycles. The Bertz CT molecular complexity index is 294. The van der Waals surface area contributed by atoms with Crippen LogP contribution in [0, 0.1) is 0 Å². The maximum atomic E-state index is 11.2. The van der Waals surface area contributed by atoms with Crippen molar-refractivity contribution < 1.29 is 17.8 Å². The number of carbonyl (C=O) groups excluding carboxylic acids is 1. The zero-order valence-electron chi connectivity index (χ0n) is 9.98. The number of rotatable bonds is 5. The van der Waals surface area contributed by atoms with Gasteiger partial charge in [-0.15, -0.1) is 11.8 Å². The first kappa shape index (κ1) is 17.7. The van der Waals surface area contributed by atoms with Gasteiger partial charge in [-0.25, -0.2) is 9.59 Å². The van der Waals surface area contributed by atoms with Crippen LogP contribution in [0.1, 0.15) is 27.7 Å². The second-order valence-electron chi connectivity index (χ2n) is 4.25. The highest BCUT2D eigenvalue weighted by Crippen LogP contribution is 2.41. The van der Waals surface area contributed by atoms with Crippen LogP contribution in [0.15, 0.2) is 0 Å². The van der Waals surface area contributed by atoms with Gasteiger partial charge in [-0.05, 0) is 51.2 Å². The molecule has 8 heteroatoms. The first-order valence-corrected chi connectivity index (χ1v) is 8.15. The lowest BCUT2D eigenvalue weighted by atomic mass is 10.2. The second kappa shape index (κ2) is 7.34. The summed E-state index contributed by atoms with van der Waals surface area (Å²) in [5.74, 6) is 0.663. The Labute approximate surface area is 128 Å². The summed E-state index contributed by atoms with van der Waals surface area (Å²) in [7, 11) is 0. The van der Waals surface area contributed by atoms with E-state index in [0.717, 1.165) is 23.5 Å². The Balaban J connectivity index is 4.25. The molecule has 1 N–H and O–H groups in total. The van der Waals surface area contributed by atoms with Gasteiger partial charge in [-0.3, -0.25) is 0 Å². The lowest BCUT2D eigenvalue weighted by Crippen LogP contribution is -2.24. The maximum absolute atomic E-state index is 11.2. The normalized spacial score (nSPS) is 12.3. The zero-order valence-corrected chi connectivity index (χ0v) is 14.6. The van der Waals surface area contributed by atoms with Crippen LogP contribution in [0.3, 0.4) is 0 Å². The molecule has 0 spiro atoms. The molecule has 0 atom stereocenters. The van der Waals surface area contributed by atoms with Crippen molar-refractivity contribution in [3.05, 3.63) is 0 Å². The second-order valence-corrected chi connectivity index (χ2v) is 9.76. The van der Waals surface area contributed by atoms with E-state index in [9.17, 15) is 9.59 Å². The highest BCUT2D eigenvalue weighted by Gasteiger charge is 2.30. The molecule has 100 valence electrons. The summed E-state index contributed by atoms with van der Waals surface area (Å²) in [6, 6.07) is 0. The summed E-state index contributed by atoms with van der Waals surface area (Å²) >= 11 is 5.06. The first-order valence-electron chi connectivity index (χ1n) is 4.65. The molecule has 0 unspecified atom stereocenters. The van der Waals surface area contributed by atoms with E-state index in [2.05, 4.69) is 3.07 Å². The number of thioether (sulfide) groups is 3. The number of carboxylic acid groups (broad SMARTS) is 1. The lowest BCUT2D eigenvalue weighted by Gasteiger charge is -2.27. The third kappa shape index (κ3) is 9.32. The van der Waals surface area contributed by atoms with E-state index in [-0.39, 0.29) is 10.0 Å². The van der Waals surface area contributed by atoms with Gasteiger partial charge in [0.2, 0.25) is 0 Å². The van der Waals surface area contributed by atoms with Crippen molar-refractivity contribution in [2.24, 2.45) is 0 Å².